The van der Waals surface area contributed by atoms with E-state index in [0.717, 1.165) is 25.4 Å². The van der Waals surface area contributed by atoms with E-state index in [4.69, 9.17) is 9.47 Å². The van der Waals surface area contributed by atoms with Gasteiger partial charge in [0.15, 0.2) is 0 Å². The second kappa shape index (κ2) is 6.54. The van der Waals surface area contributed by atoms with Gasteiger partial charge < -0.3 is 14.4 Å². The summed E-state index contributed by atoms with van der Waals surface area (Å²) >= 11 is 0. The number of carbonyl (C=O) groups is 1. The van der Waals surface area contributed by atoms with Crippen molar-refractivity contribution >= 4 is 5.91 Å². The third-order valence-corrected chi connectivity index (χ3v) is 6.82. The van der Waals surface area contributed by atoms with E-state index in [-0.39, 0.29) is 17.9 Å². The van der Waals surface area contributed by atoms with Crippen LogP contribution < -0.4 is 4.74 Å². The Labute approximate surface area is 156 Å². The van der Waals surface area contributed by atoms with Gasteiger partial charge >= 0.3 is 0 Å². The molecule has 1 aromatic rings. The third kappa shape index (κ3) is 2.64. The number of likely N-dealkylation sites (tertiary alicyclic amines) is 1. The van der Waals surface area contributed by atoms with Crippen LogP contribution in [0.3, 0.4) is 0 Å². The van der Waals surface area contributed by atoms with E-state index >= 15 is 0 Å². The molecule has 3 atom stereocenters. The van der Waals surface area contributed by atoms with Crippen LogP contribution in [-0.4, -0.2) is 67.2 Å². The first kappa shape index (κ1) is 17.8. The predicted octanol–water partition coefficient (Wildman–Crippen LogP) is 2.51. The number of methoxy groups -OCH3 is 2. The highest BCUT2D eigenvalue weighted by molar-refractivity contribution is 5.85. The Kier molecular flexibility index (Phi) is 4.48. The Hall–Kier alpha value is -1.59. The van der Waals surface area contributed by atoms with E-state index in [1.807, 2.05) is 26.0 Å². The second-order valence-electron chi connectivity index (χ2n) is 8.37. The molecule has 26 heavy (non-hydrogen) atoms. The molecule has 0 aromatic heterocycles. The lowest BCUT2D eigenvalue weighted by atomic mass is 9.75. The van der Waals surface area contributed by atoms with Gasteiger partial charge in [-0.1, -0.05) is 18.2 Å². The standard InChI is InChI=1S/C21H30N2O3/c1-21(2,26-4)20(24)23-13-16(15-7-5-6-8-17(15)25-3)19-18(23)14-9-11-22(19)12-10-14/h5-8,14,16,18-19H,9-13H2,1-4H3/t16-,18+,19+/m1/s1. The molecule has 1 aromatic carbocycles. The number of fused-ring (bicyclic) bond motifs is 2. The summed E-state index contributed by atoms with van der Waals surface area (Å²) in [7, 11) is 3.36. The minimum Gasteiger partial charge on any atom is -0.496 e. The Morgan fingerprint density at radius 1 is 1.12 bits per heavy atom. The van der Waals surface area contributed by atoms with E-state index < -0.39 is 5.60 Å². The zero-order valence-electron chi connectivity index (χ0n) is 16.3. The molecule has 142 valence electrons. The van der Waals surface area contributed by atoms with E-state index in [0.29, 0.717) is 12.0 Å². The third-order valence-electron chi connectivity index (χ3n) is 6.82. The molecule has 4 fully saturated rings. The number of carbonyl (C=O) groups excluding carboxylic acids is 1. The van der Waals surface area contributed by atoms with Crippen molar-refractivity contribution < 1.29 is 14.3 Å². The van der Waals surface area contributed by atoms with Crippen molar-refractivity contribution in [2.45, 2.75) is 50.3 Å². The summed E-state index contributed by atoms with van der Waals surface area (Å²) in [5.41, 5.74) is 0.440. The fourth-order valence-electron chi connectivity index (χ4n) is 5.33. The topological polar surface area (TPSA) is 42.0 Å². The minimum absolute atomic E-state index is 0.112. The van der Waals surface area contributed by atoms with Crippen LogP contribution in [0.15, 0.2) is 24.3 Å². The lowest BCUT2D eigenvalue weighted by Crippen LogP contribution is -2.62. The van der Waals surface area contributed by atoms with Gasteiger partial charge in [-0.05, 0) is 51.8 Å². The molecule has 0 spiro atoms. The van der Waals surface area contributed by atoms with Crippen LogP contribution in [-0.2, 0) is 9.53 Å². The minimum atomic E-state index is -0.785. The number of hydrogen-bond acceptors (Lipinski definition) is 4. The van der Waals surface area contributed by atoms with Gasteiger partial charge in [-0.15, -0.1) is 0 Å². The van der Waals surface area contributed by atoms with Gasteiger partial charge in [0.25, 0.3) is 5.91 Å². The Morgan fingerprint density at radius 3 is 2.46 bits per heavy atom. The molecule has 0 saturated carbocycles. The molecule has 2 bridgehead atoms. The zero-order valence-corrected chi connectivity index (χ0v) is 16.3. The van der Waals surface area contributed by atoms with Gasteiger partial charge in [0, 0.05) is 31.2 Å². The van der Waals surface area contributed by atoms with E-state index in [1.54, 1.807) is 14.2 Å². The van der Waals surface area contributed by atoms with Gasteiger partial charge in [-0.2, -0.15) is 0 Å². The number of benzene rings is 1. The number of amides is 1. The zero-order chi connectivity index (χ0) is 18.5. The summed E-state index contributed by atoms with van der Waals surface area (Å²) in [6.45, 7) is 6.79. The highest BCUT2D eigenvalue weighted by atomic mass is 16.5. The molecule has 5 nitrogen and oxygen atoms in total. The molecule has 0 unspecified atom stereocenters. The molecule has 4 aliphatic heterocycles. The van der Waals surface area contributed by atoms with Crippen LogP contribution in [0.25, 0.3) is 0 Å². The van der Waals surface area contributed by atoms with Crippen molar-refractivity contribution in [1.82, 2.24) is 9.80 Å². The summed E-state index contributed by atoms with van der Waals surface area (Å²) in [5.74, 6) is 1.93. The molecule has 5 rings (SSSR count). The van der Waals surface area contributed by atoms with Crippen LogP contribution in [0.5, 0.6) is 5.75 Å². The first-order valence-corrected chi connectivity index (χ1v) is 9.71. The SMILES string of the molecule is COc1ccccc1[C@H]1CN(C(=O)C(C)(C)OC)[C@H]2C3CCN(CC3)[C@@H]12. The average Bonchev–Trinajstić information content (AvgIpc) is 3.10. The van der Waals surface area contributed by atoms with Crippen molar-refractivity contribution in [3.8, 4) is 5.75 Å². The molecular formula is C21H30N2O3. The monoisotopic (exact) mass is 358 g/mol. The van der Waals surface area contributed by atoms with Crippen LogP contribution in [0.2, 0.25) is 0 Å². The molecule has 1 amide bonds. The van der Waals surface area contributed by atoms with Gasteiger partial charge in [0.1, 0.15) is 11.4 Å². The van der Waals surface area contributed by atoms with E-state index in [1.165, 1.54) is 18.4 Å². The molecule has 4 heterocycles. The summed E-state index contributed by atoms with van der Waals surface area (Å²) in [6.07, 6.45) is 2.38. The lowest BCUT2D eigenvalue weighted by molar-refractivity contribution is -0.155. The van der Waals surface area contributed by atoms with Crippen LogP contribution >= 0.6 is 0 Å². The highest BCUT2D eigenvalue weighted by Gasteiger charge is 2.56. The van der Waals surface area contributed by atoms with Crippen molar-refractivity contribution in [2.24, 2.45) is 5.92 Å². The Morgan fingerprint density at radius 2 is 1.81 bits per heavy atom. The number of nitrogens with zero attached hydrogens (tertiary/aromatic N) is 2. The van der Waals surface area contributed by atoms with E-state index in [2.05, 4.69) is 21.9 Å². The van der Waals surface area contributed by atoms with Gasteiger partial charge in [-0.3, -0.25) is 9.69 Å². The first-order valence-electron chi connectivity index (χ1n) is 9.71. The van der Waals surface area contributed by atoms with Crippen LogP contribution in [0.4, 0.5) is 0 Å². The maximum Gasteiger partial charge on any atom is 0.254 e. The molecule has 4 aliphatic rings. The summed E-state index contributed by atoms with van der Waals surface area (Å²) in [6, 6.07) is 8.96. The first-order chi connectivity index (χ1) is 12.5. The Balaban J connectivity index is 1.74. The quantitative estimate of drug-likeness (QED) is 0.829. The fourth-order valence-corrected chi connectivity index (χ4v) is 5.33. The summed E-state index contributed by atoms with van der Waals surface area (Å²) in [5, 5.41) is 0. The molecule has 5 heteroatoms. The predicted molar refractivity (Wildman–Crippen MR) is 100 cm³/mol. The number of para-hydroxylation sites is 1. The lowest BCUT2D eigenvalue weighted by Gasteiger charge is -2.51. The van der Waals surface area contributed by atoms with Crippen molar-refractivity contribution in [2.75, 3.05) is 33.9 Å². The largest absolute Gasteiger partial charge is 0.496 e. The van der Waals surface area contributed by atoms with Crippen molar-refractivity contribution in [3.63, 3.8) is 0 Å². The number of hydrogen-bond donors (Lipinski definition) is 0. The molecule has 0 aliphatic carbocycles. The molecule has 0 N–H and O–H groups in total. The molecular weight excluding hydrogens is 328 g/mol. The van der Waals surface area contributed by atoms with Crippen LogP contribution in [0.1, 0.15) is 38.2 Å². The fraction of sp³-hybridized carbons (Fsp3) is 0.667. The maximum atomic E-state index is 13.3. The maximum absolute atomic E-state index is 13.3. The second-order valence-corrected chi connectivity index (χ2v) is 8.37. The number of ether oxygens (including phenoxy) is 2. The van der Waals surface area contributed by atoms with Gasteiger partial charge in [0.05, 0.1) is 13.2 Å². The highest BCUT2D eigenvalue weighted by Crippen LogP contribution is 2.48. The van der Waals surface area contributed by atoms with Gasteiger partial charge in [0.2, 0.25) is 0 Å². The van der Waals surface area contributed by atoms with Gasteiger partial charge in [-0.25, -0.2) is 0 Å². The summed E-state index contributed by atoms with van der Waals surface area (Å²) in [4.78, 5) is 18.0. The normalized spacial score (nSPS) is 33.2. The molecule has 0 radical (unpaired) electrons. The van der Waals surface area contributed by atoms with Crippen molar-refractivity contribution in [3.05, 3.63) is 29.8 Å². The Bertz CT molecular complexity index is 682. The molecule has 4 saturated heterocycles. The summed E-state index contributed by atoms with van der Waals surface area (Å²) < 4.78 is 11.2. The number of piperidine rings is 3. The van der Waals surface area contributed by atoms with Crippen LogP contribution in [0, 0.1) is 5.92 Å². The number of rotatable bonds is 4. The van der Waals surface area contributed by atoms with Crippen molar-refractivity contribution in [1.29, 1.82) is 0 Å². The van der Waals surface area contributed by atoms with E-state index in [9.17, 15) is 4.79 Å². The average molecular weight is 358 g/mol. The smallest absolute Gasteiger partial charge is 0.254 e.